The van der Waals surface area contributed by atoms with Crippen LogP contribution in [0, 0.1) is 5.92 Å². The maximum absolute atomic E-state index is 11.6. The first-order chi connectivity index (χ1) is 14.0. The lowest BCUT2D eigenvalue weighted by Gasteiger charge is -2.06. The molecule has 0 spiro atoms. The van der Waals surface area contributed by atoms with Crippen molar-refractivity contribution in [3.63, 3.8) is 0 Å². The molecule has 4 nitrogen and oxygen atoms in total. The molecule has 0 heterocycles. The van der Waals surface area contributed by atoms with Crippen LogP contribution in [0.25, 0.3) is 0 Å². The van der Waals surface area contributed by atoms with E-state index in [1.807, 2.05) is 0 Å². The second-order valence-electron chi connectivity index (χ2n) is 8.51. The van der Waals surface area contributed by atoms with Gasteiger partial charge in [-0.15, -0.1) is 0 Å². The Morgan fingerprint density at radius 1 is 0.724 bits per heavy atom. The number of ether oxygens (including phenoxy) is 1. The highest BCUT2D eigenvalue weighted by Gasteiger charge is 2.03. The topological polar surface area (TPSA) is 63.6 Å². The van der Waals surface area contributed by atoms with Gasteiger partial charge in [-0.25, -0.2) is 0 Å². The molecule has 29 heavy (non-hydrogen) atoms. The zero-order valence-corrected chi connectivity index (χ0v) is 19.9. The molecule has 172 valence electrons. The van der Waals surface area contributed by atoms with Crippen molar-refractivity contribution >= 4 is 23.7 Å². The highest BCUT2D eigenvalue weighted by Crippen LogP contribution is 2.14. The largest absolute Gasteiger partial charge is 0.481 e. The van der Waals surface area contributed by atoms with E-state index in [4.69, 9.17) is 9.84 Å². The molecule has 0 saturated heterocycles. The van der Waals surface area contributed by atoms with Gasteiger partial charge in [-0.1, -0.05) is 84.5 Å². The first-order valence-electron chi connectivity index (χ1n) is 12.0. The highest BCUT2D eigenvalue weighted by molar-refractivity contribution is 7.99. The van der Waals surface area contributed by atoms with Crippen LogP contribution in [0.1, 0.15) is 117 Å². The van der Waals surface area contributed by atoms with Crippen molar-refractivity contribution < 1.29 is 19.4 Å². The van der Waals surface area contributed by atoms with Gasteiger partial charge >= 0.3 is 11.9 Å². The summed E-state index contributed by atoms with van der Waals surface area (Å²) in [5, 5.41) is 8.55. The molecule has 0 saturated carbocycles. The first-order valence-corrected chi connectivity index (χ1v) is 13.1. The van der Waals surface area contributed by atoms with E-state index in [9.17, 15) is 9.59 Å². The van der Waals surface area contributed by atoms with Crippen LogP contribution in [0.5, 0.6) is 0 Å². The summed E-state index contributed by atoms with van der Waals surface area (Å²) in [4.78, 5) is 22.0. The van der Waals surface area contributed by atoms with Crippen LogP contribution in [0.15, 0.2) is 0 Å². The normalized spacial score (nSPS) is 11.1. The first kappa shape index (κ1) is 28.3. The quantitative estimate of drug-likeness (QED) is 0.145. The van der Waals surface area contributed by atoms with E-state index in [-0.39, 0.29) is 12.4 Å². The Morgan fingerprint density at radius 3 is 1.72 bits per heavy atom. The molecule has 0 bridgehead atoms. The van der Waals surface area contributed by atoms with Gasteiger partial charge < -0.3 is 9.84 Å². The Morgan fingerprint density at radius 2 is 1.21 bits per heavy atom. The van der Waals surface area contributed by atoms with Crippen molar-refractivity contribution in [1.29, 1.82) is 0 Å². The predicted molar refractivity (Wildman–Crippen MR) is 125 cm³/mol. The number of carboxylic acid groups (broad SMARTS) is 1. The number of esters is 1. The van der Waals surface area contributed by atoms with Gasteiger partial charge in [-0.3, -0.25) is 9.59 Å². The van der Waals surface area contributed by atoms with Crippen molar-refractivity contribution in [2.45, 2.75) is 117 Å². The molecule has 0 aromatic carbocycles. The zero-order chi connectivity index (χ0) is 21.6. The molecular weight excluding hydrogens is 384 g/mol. The van der Waals surface area contributed by atoms with Gasteiger partial charge in [-0.05, 0) is 36.7 Å². The van der Waals surface area contributed by atoms with Gasteiger partial charge in [0.15, 0.2) is 0 Å². The Kier molecular flexibility index (Phi) is 21.4. The molecule has 0 atom stereocenters. The fraction of sp³-hybridized carbons (Fsp3) is 0.917. The molecule has 0 aliphatic carbocycles. The second kappa shape index (κ2) is 22.0. The molecule has 0 aromatic heterocycles. The summed E-state index contributed by atoms with van der Waals surface area (Å²) in [6.45, 7) is 5.17. The van der Waals surface area contributed by atoms with E-state index in [1.165, 1.54) is 64.2 Å². The summed E-state index contributed by atoms with van der Waals surface area (Å²) in [7, 11) is 0. The van der Waals surface area contributed by atoms with Gasteiger partial charge in [0.1, 0.15) is 0 Å². The van der Waals surface area contributed by atoms with E-state index >= 15 is 0 Å². The average molecular weight is 431 g/mol. The Labute approximate surface area is 183 Å². The fourth-order valence-electron chi connectivity index (χ4n) is 3.25. The van der Waals surface area contributed by atoms with Crippen molar-refractivity contribution in [2.75, 3.05) is 18.1 Å². The van der Waals surface area contributed by atoms with E-state index < -0.39 is 5.97 Å². The second-order valence-corrected chi connectivity index (χ2v) is 9.73. The summed E-state index contributed by atoms with van der Waals surface area (Å²) in [5.74, 6) is 1.76. The van der Waals surface area contributed by atoms with Crippen LogP contribution in [0.4, 0.5) is 0 Å². The molecule has 1 N–H and O–H groups in total. The molecule has 0 aliphatic heterocycles. The van der Waals surface area contributed by atoms with Crippen molar-refractivity contribution in [1.82, 2.24) is 0 Å². The Hall–Kier alpha value is -0.710. The molecule has 0 radical (unpaired) electrons. The number of rotatable bonds is 22. The molecule has 5 heteroatoms. The maximum Gasteiger partial charge on any atom is 0.305 e. The Bertz CT molecular complexity index is 385. The van der Waals surface area contributed by atoms with Gasteiger partial charge in [-0.2, -0.15) is 11.8 Å². The number of hydrogen-bond donors (Lipinski definition) is 1. The van der Waals surface area contributed by atoms with Crippen molar-refractivity contribution in [3.8, 4) is 0 Å². The number of hydrogen-bond acceptors (Lipinski definition) is 4. The molecule has 0 unspecified atom stereocenters. The molecule has 0 aromatic rings. The number of carbonyl (C=O) groups excluding carboxylic acids is 1. The third-order valence-corrected chi connectivity index (χ3v) is 6.19. The highest BCUT2D eigenvalue weighted by atomic mass is 32.2. The summed E-state index contributed by atoms with van der Waals surface area (Å²) in [6, 6.07) is 0. The average Bonchev–Trinajstić information content (AvgIpc) is 2.67. The number of unbranched alkanes of at least 4 members (excludes halogenated alkanes) is 10. The molecule has 0 aliphatic rings. The van der Waals surface area contributed by atoms with Gasteiger partial charge in [0.05, 0.1) is 6.61 Å². The van der Waals surface area contributed by atoms with Crippen molar-refractivity contribution in [3.05, 3.63) is 0 Å². The fourth-order valence-corrected chi connectivity index (χ4v) is 4.15. The number of carbonyl (C=O) groups is 2. The van der Waals surface area contributed by atoms with Gasteiger partial charge in [0.2, 0.25) is 0 Å². The zero-order valence-electron chi connectivity index (χ0n) is 19.1. The lowest BCUT2D eigenvalue weighted by molar-refractivity contribution is -0.143. The van der Waals surface area contributed by atoms with E-state index in [2.05, 4.69) is 13.8 Å². The standard InChI is InChI=1S/C24H46O4S/c1-22(2)16-12-10-8-6-4-3-5-7-9-11-13-19-28-24(27)18-15-21-29-20-14-17-23(25)26/h22H,3-21H2,1-2H3,(H,25,26). The van der Waals surface area contributed by atoms with Gasteiger partial charge in [0, 0.05) is 12.8 Å². The predicted octanol–water partition coefficient (Wildman–Crippen LogP) is 7.25. The SMILES string of the molecule is CC(C)CCCCCCCCCCCCCOC(=O)CCCSCCCC(=O)O. The van der Waals surface area contributed by atoms with E-state index in [0.717, 1.165) is 36.7 Å². The molecule has 0 amide bonds. The number of aliphatic carboxylic acids is 1. The number of thioether (sulfide) groups is 1. The minimum Gasteiger partial charge on any atom is -0.481 e. The summed E-state index contributed by atoms with van der Waals surface area (Å²) in [6.07, 6.45) is 18.0. The van der Waals surface area contributed by atoms with Crippen molar-refractivity contribution in [2.24, 2.45) is 5.92 Å². The molecule has 0 rings (SSSR count). The van der Waals surface area contributed by atoms with Crippen LogP contribution in [-0.2, 0) is 14.3 Å². The van der Waals surface area contributed by atoms with Crippen LogP contribution in [0.2, 0.25) is 0 Å². The van der Waals surface area contributed by atoms with E-state index in [0.29, 0.717) is 19.4 Å². The molecular formula is C24H46O4S. The van der Waals surface area contributed by atoms with Crippen LogP contribution < -0.4 is 0 Å². The lowest BCUT2D eigenvalue weighted by Crippen LogP contribution is -2.06. The minimum absolute atomic E-state index is 0.0930. The summed E-state index contributed by atoms with van der Waals surface area (Å²) >= 11 is 1.71. The van der Waals surface area contributed by atoms with Crippen LogP contribution in [-0.4, -0.2) is 35.2 Å². The monoisotopic (exact) mass is 430 g/mol. The van der Waals surface area contributed by atoms with Gasteiger partial charge in [0.25, 0.3) is 0 Å². The number of carboxylic acids is 1. The third-order valence-electron chi connectivity index (χ3n) is 5.04. The van der Waals surface area contributed by atoms with Crippen LogP contribution in [0.3, 0.4) is 0 Å². The van der Waals surface area contributed by atoms with Crippen LogP contribution >= 0.6 is 11.8 Å². The lowest BCUT2D eigenvalue weighted by atomic mass is 10.0. The smallest absolute Gasteiger partial charge is 0.305 e. The maximum atomic E-state index is 11.6. The Balaban J connectivity index is 3.16. The molecule has 0 fully saturated rings. The third kappa shape index (κ3) is 25.3. The van der Waals surface area contributed by atoms with E-state index in [1.54, 1.807) is 11.8 Å². The summed E-state index contributed by atoms with van der Waals surface area (Å²) in [5.41, 5.74) is 0. The minimum atomic E-state index is -0.739. The summed E-state index contributed by atoms with van der Waals surface area (Å²) < 4.78 is 5.28.